The Bertz CT molecular complexity index is 528. The number of amidine groups is 1. The Morgan fingerprint density at radius 3 is 2.76 bits per heavy atom. The quantitative estimate of drug-likeness (QED) is 0.766. The van der Waals surface area contributed by atoms with Gasteiger partial charge in [0.05, 0.1) is 5.25 Å². The van der Waals surface area contributed by atoms with Crippen molar-refractivity contribution in [3.05, 3.63) is 34.9 Å². The van der Waals surface area contributed by atoms with Gasteiger partial charge in [-0.1, -0.05) is 35.5 Å². The molecule has 7 heteroatoms. The summed E-state index contributed by atoms with van der Waals surface area (Å²) >= 11 is 13.5. The van der Waals surface area contributed by atoms with Gasteiger partial charge in [0, 0.05) is 29.6 Å². The molecule has 1 aromatic carbocycles. The predicted octanol–water partition coefficient (Wildman–Crippen LogP) is 3.87. The van der Waals surface area contributed by atoms with Gasteiger partial charge in [0.25, 0.3) is 0 Å². The van der Waals surface area contributed by atoms with Gasteiger partial charge in [-0.15, -0.1) is 28.6 Å². The summed E-state index contributed by atoms with van der Waals surface area (Å²) in [5.41, 5.74) is -0.180. The number of fused-ring (bicyclic) bond motifs is 1. The van der Waals surface area contributed by atoms with Crippen molar-refractivity contribution in [3.8, 4) is 0 Å². The molecule has 1 saturated heterocycles. The van der Waals surface area contributed by atoms with Gasteiger partial charge in [-0.2, -0.15) is 0 Å². The zero-order valence-electron chi connectivity index (χ0n) is 11.3. The molecule has 0 amide bonds. The van der Waals surface area contributed by atoms with Crippen LogP contribution in [0.5, 0.6) is 0 Å². The number of hydrogen-bond acceptors (Lipinski definition) is 4. The van der Waals surface area contributed by atoms with Gasteiger partial charge in [-0.05, 0) is 25.0 Å². The summed E-state index contributed by atoms with van der Waals surface area (Å²) in [6.07, 6.45) is 1.70. The minimum Gasteiger partial charge on any atom is -0.366 e. The maximum Gasteiger partial charge on any atom is 0.178 e. The van der Waals surface area contributed by atoms with E-state index in [0.29, 0.717) is 10.9 Å². The van der Waals surface area contributed by atoms with Crippen molar-refractivity contribution in [1.82, 2.24) is 4.90 Å². The SMILES string of the molecule is Br.OC1(c2ccc(Cl)cc2)C(CCCl)SC2=NCCCN21. The highest BCUT2D eigenvalue weighted by atomic mass is 79.9. The summed E-state index contributed by atoms with van der Waals surface area (Å²) in [4.78, 5) is 6.55. The fraction of sp³-hybridized carbons (Fsp3) is 0.500. The summed E-state index contributed by atoms with van der Waals surface area (Å²) in [7, 11) is 0. The van der Waals surface area contributed by atoms with Gasteiger partial charge in [-0.3, -0.25) is 4.99 Å². The molecule has 0 bridgehead atoms. The van der Waals surface area contributed by atoms with Crippen molar-refractivity contribution in [2.75, 3.05) is 19.0 Å². The van der Waals surface area contributed by atoms with E-state index in [9.17, 15) is 5.11 Å². The first-order valence-electron chi connectivity index (χ1n) is 6.69. The van der Waals surface area contributed by atoms with Crippen LogP contribution in [0.25, 0.3) is 0 Å². The number of aliphatic imine (C=N–C) groups is 1. The molecule has 21 heavy (non-hydrogen) atoms. The molecule has 2 atom stereocenters. The molecule has 0 spiro atoms. The van der Waals surface area contributed by atoms with Crippen molar-refractivity contribution in [3.63, 3.8) is 0 Å². The molecule has 2 aliphatic heterocycles. The van der Waals surface area contributed by atoms with E-state index in [1.54, 1.807) is 11.8 Å². The Kier molecular flexibility index (Phi) is 5.88. The number of hydrogen-bond donors (Lipinski definition) is 1. The number of nitrogens with zero attached hydrogens (tertiary/aromatic N) is 2. The molecule has 0 saturated carbocycles. The number of halogens is 3. The lowest BCUT2D eigenvalue weighted by atomic mass is 9.95. The lowest BCUT2D eigenvalue weighted by molar-refractivity contribution is -0.0726. The highest BCUT2D eigenvalue weighted by molar-refractivity contribution is 8.93. The highest BCUT2D eigenvalue weighted by Gasteiger charge is 2.52. The molecule has 2 heterocycles. The average Bonchev–Trinajstić information content (AvgIpc) is 2.75. The van der Waals surface area contributed by atoms with Crippen LogP contribution in [0.2, 0.25) is 5.02 Å². The Hall–Kier alpha value is 0.0600. The minimum absolute atomic E-state index is 0. The molecule has 0 radical (unpaired) electrons. The number of thioether (sulfide) groups is 1. The topological polar surface area (TPSA) is 35.8 Å². The van der Waals surface area contributed by atoms with Crippen LogP contribution in [0, 0.1) is 0 Å². The smallest absolute Gasteiger partial charge is 0.178 e. The van der Waals surface area contributed by atoms with E-state index in [1.165, 1.54) is 0 Å². The third-order valence-corrected chi connectivity index (χ3v) is 5.65. The van der Waals surface area contributed by atoms with Crippen LogP contribution in [0.1, 0.15) is 18.4 Å². The van der Waals surface area contributed by atoms with E-state index < -0.39 is 5.72 Å². The van der Waals surface area contributed by atoms with Gasteiger partial charge < -0.3 is 10.0 Å². The largest absolute Gasteiger partial charge is 0.366 e. The highest BCUT2D eigenvalue weighted by Crippen LogP contribution is 2.47. The van der Waals surface area contributed by atoms with Gasteiger partial charge in [0.2, 0.25) is 0 Å². The normalized spacial score (nSPS) is 27.9. The molecular weight excluding hydrogens is 395 g/mol. The zero-order valence-corrected chi connectivity index (χ0v) is 15.4. The number of benzene rings is 1. The zero-order chi connectivity index (χ0) is 14.2. The van der Waals surface area contributed by atoms with Gasteiger partial charge >= 0.3 is 0 Å². The molecule has 1 N–H and O–H groups in total. The van der Waals surface area contributed by atoms with Gasteiger partial charge in [0.1, 0.15) is 0 Å². The molecule has 1 fully saturated rings. The van der Waals surface area contributed by atoms with Crippen molar-refractivity contribution in [1.29, 1.82) is 0 Å². The first-order chi connectivity index (χ1) is 9.66. The summed E-state index contributed by atoms with van der Waals surface area (Å²) in [5, 5.41) is 13.0. The van der Waals surface area contributed by atoms with Crippen LogP contribution in [0.3, 0.4) is 0 Å². The van der Waals surface area contributed by atoms with Crippen LogP contribution in [-0.4, -0.2) is 39.4 Å². The van der Waals surface area contributed by atoms with E-state index in [4.69, 9.17) is 23.2 Å². The summed E-state index contributed by atoms with van der Waals surface area (Å²) in [5.74, 6) is 0.523. The summed E-state index contributed by atoms with van der Waals surface area (Å²) < 4.78 is 0. The average molecular weight is 412 g/mol. The number of aliphatic hydroxyl groups is 1. The van der Waals surface area contributed by atoms with Crippen molar-refractivity contribution < 1.29 is 5.11 Å². The van der Waals surface area contributed by atoms with Gasteiger partial charge in [0.15, 0.2) is 10.9 Å². The lowest BCUT2D eigenvalue weighted by Gasteiger charge is -2.39. The molecule has 0 aromatic heterocycles. The molecule has 0 aliphatic carbocycles. The molecule has 3 nitrogen and oxygen atoms in total. The Morgan fingerprint density at radius 2 is 2.10 bits per heavy atom. The van der Waals surface area contributed by atoms with E-state index in [1.807, 2.05) is 29.2 Å². The second-order valence-corrected chi connectivity index (χ2v) is 6.97. The summed E-state index contributed by atoms with van der Waals surface area (Å²) in [6.45, 7) is 1.66. The number of alkyl halides is 1. The molecule has 116 valence electrons. The van der Waals surface area contributed by atoms with E-state index in [0.717, 1.165) is 36.7 Å². The molecule has 1 aromatic rings. The molecule has 2 unspecified atom stereocenters. The predicted molar refractivity (Wildman–Crippen MR) is 96.0 cm³/mol. The fourth-order valence-corrected chi connectivity index (χ4v) is 4.70. The van der Waals surface area contributed by atoms with Crippen LogP contribution in [-0.2, 0) is 5.72 Å². The van der Waals surface area contributed by atoms with Gasteiger partial charge in [-0.25, -0.2) is 0 Å². The standard InChI is InChI=1S/C14H16Cl2N2OS.BrH/c15-7-6-12-14(19,10-2-4-11(16)5-3-10)18-9-1-8-17-13(18)20-12;/h2-5,12,19H,1,6-9H2;1H. The van der Waals surface area contributed by atoms with Crippen LogP contribution >= 0.6 is 51.9 Å². The monoisotopic (exact) mass is 410 g/mol. The third kappa shape index (κ3) is 3.08. The minimum atomic E-state index is -1.04. The molecule has 3 rings (SSSR count). The van der Waals surface area contributed by atoms with E-state index in [2.05, 4.69) is 4.99 Å². The second-order valence-electron chi connectivity index (χ2n) is 4.99. The van der Waals surface area contributed by atoms with Crippen molar-refractivity contribution >= 4 is 57.1 Å². The van der Waals surface area contributed by atoms with Crippen LogP contribution in [0.15, 0.2) is 29.3 Å². The van der Waals surface area contributed by atoms with E-state index >= 15 is 0 Å². The fourth-order valence-electron chi connectivity index (χ4n) is 2.78. The van der Waals surface area contributed by atoms with E-state index in [-0.39, 0.29) is 22.2 Å². The van der Waals surface area contributed by atoms with Crippen molar-refractivity contribution in [2.45, 2.75) is 23.8 Å². The Morgan fingerprint density at radius 1 is 1.38 bits per heavy atom. The number of rotatable bonds is 3. The maximum absolute atomic E-state index is 11.4. The summed E-state index contributed by atoms with van der Waals surface area (Å²) in [6, 6.07) is 7.41. The first kappa shape index (κ1) is 17.4. The first-order valence-corrected chi connectivity index (χ1v) is 8.48. The van der Waals surface area contributed by atoms with Crippen LogP contribution < -0.4 is 0 Å². The second kappa shape index (κ2) is 7.09. The maximum atomic E-state index is 11.4. The molecular formula is C14H17BrCl2N2OS. The lowest BCUT2D eigenvalue weighted by Crippen LogP contribution is -2.50. The Labute approximate surface area is 149 Å². The Balaban J connectivity index is 0.00000161. The molecule has 2 aliphatic rings. The third-order valence-electron chi connectivity index (χ3n) is 3.77. The van der Waals surface area contributed by atoms with Crippen LogP contribution in [0.4, 0.5) is 0 Å². The van der Waals surface area contributed by atoms with Crippen molar-refractivity contribution in [2.24, 2.45) is 4.99 Å².